The SMILES string of the molecule is COc1cc(C(=O)O)c2nc(NC3CCCC3)sc2c1OC. The van der Waals surface area contributed by atoms with Crippen LogP contribution in [0.1, 0.15) is 36.0 Å². The molecule has 1 aliphatic rings. The zero-order chi connectivity index (χ0) is 15.7. The number of hydrogen-bond donors (Lipinski definition) is 2. The Bertz CT molecular complexity index is 707. The number of nitrogens with one attached hydrogen (secondary N) is 1. The van der Waals surface area contributed by atoms with Crippen LogP contribution >= 0.6 is 11.3 Å². The molecule has 3 rings (SSSR count). The van der Waals surface area contributed by atoms with Gasteiger partial charge in [-0.3, -0.25) is 0 Å². The number of aromatic nitrogens is 1. The van der Waals surface area contributed by atoms with Crippen molar-refractivity contribution in [3.63, 3.8) is 0 Å². The molecule has 1 heterocycles. The van der Waals surface area contributed by atoms with Crippen molar-refractivity contribution in [3.8, 4) is 11.5 Å². The molecule has 0 bridgehead atoms. The number of carboxylic acids is 1. The molecule has 0 saturated heterocycles. The van der Waals surface area contributed by atoms with Gasteiger partial charge >= 0.3 is 5.97 Å². The van der Waals surface area contributed by atoms with Gasteiger partial charge in [0.05, 0.1) is 19.8 Å². The second-order valence-electron chi connectivity index (χ2n) is 5.29. The summed E-state index contributed by atoms with van der Waals surface area (Å²) in [6.45, 7) is 0. The van der Waals surface area contributed by atoms with Gasteiger partial charge in [-0.1, -0.05) is 24.2 Å². The molecule has 0 unspecified atom stereocenters. The van der Waals surface area contributed by atoms with Gasteiger partial charge in [-0.05, 0) is 12.8 Å². The third-order valence-electron chi connectivity index (χ3n) is 3.92. The van der Waals surface area contributed by atoms with Crippen molar-refractivity contribution in [1.82, 2.24) is 4.98 Å². The molecule has 0 radical (unpaired) electrons. The number of benzene rings is 1. The number of methoxy groups -OCH3 is 2. The summed E-state index contributed by atoms with van der Waals surface area (Å²) in [5.41, 5.74) is 0.569. The molecule has 1 aromatic carbocycles. The maximum absolute atomic E-state index is 11.5. The van der Waals surface area contributed by atoms with Gasteiger partial charge in [0.2, 0.25) is 0 Å². The van der Waals surface area contributed by atoms with E-state index < -0.39 is 5.97 Å². The second-order valence-corrected chi connectivity index (χ2v) is 6.29. The number of anilines is 1. The van der Waals surface area contributed by atoms with Gasteiger partial charge in [-0.25, -0.2) is 9.78 Å². The van der Waals surface area contributed by atoms with Crippen LogP contribution in [0.3, 0.4) is 0 Å². The van der Waals surface area contributed by atoms with Crippen molar-refractivity contribution < 1.29 is 19.4 Å². The number of fused-ring (bicyclic) bond motifs is 1. The van der Waals surface area contributed by atoms with Crippen molar-refractivity contribution in [3.05, 3.63) is 11.6 Å². The van der Waals surface area contributed by atoms with Gasteiger partial charge in [0.15, 0.2) is 16.6 Å². The minimum atomic E-state index is -1.02. The number of hydrogen-bond acceptors (Lipinski definition) is 6. The van der Waals surface area contributed by atoms with E-state index in [4.69, 9.17) is 9.47 Å². The highest BCUT2D eigenvalue weighted by molar-refractivity contribution is 7.22. The summed E-state index contributed by atoms with van der Waals surface area (Å²) < 4.78 is 11.3. The summed E-state index contributed by atoms with van der Waals surface area (Å²) in [7, 11) is 3.04. The smallest absolute Gasteiger partial charge is 0.338 e. The number of carbonyl (C=O) groups is 1. The Morgan fingerprint density at radius 1 is 1.36 bits per heavy atom. The zero-order valence-electron chi connectivity index (χ0n) is 12.5. The van der Waals surface area contributed by atoms with Crippen LogP contribution in [-0.2, 0) is 0 Å². The van der Waals surface area contributed by atoms with Gasteiger partial charge < -0.3 is 19.9 Å². The Morgan fingerprint density at radius 2 is 2.09 bits per heavy atom. The fourth-order valence-electron chi connectivity index (χ4n) is 2.85. The summed E-state index contributed by atoms with van der Waals surface area (Å²) in [5.74, 6) is -0.0911. The molecular weight excluding hydrogens is 304 g/mol. The number of aromatic carboxylic acids is 1. The molecule has 2 N–H and O–H groups in total. The Labute approximate surface area is 132 Å². The van der Waals surface area contributed by atoms with E-state index in [1.807, 2.05) is 0 Å². The summed E-state index contributed by atoms with van der Waals surface area (Å²) >= 11 is 1.41. The standard InChI is InChI=1S/C15H18N2O4S/c1-20-10-7-9(14(18)19)11-13(12(10)21-2)22-15(17-11)16-8-5-3-4-6-8/h7-8H,3-6H2,1-2H3,(H,16,17)(H,18,19). The number of thiazole rings is 1. The summed E-state index contributed by atoms with van der Waals surface area (Å²) in [5, 5.41) is 13.5. The van der Waals surface area contributed by atoms with Crippen molar-refractivity contribution in [2.45, 2.75) is 31.7 Å². The first-order chi connectivity index (χ1) is 10.6. The minimum absolute atomic E-state index is 0.128. The van der Waals surface area contributed by atoms with E-state index in [1.54, 1.807) is 7.11 Å². The number of rotatable bonds is 5. The van der Waals surface area contributed by atoms with Gasteiger partial charge in [0, 0.05) is 12.1 Å². The van der Waals surface area contributed by atoms with Crippen LogP contribution in [0.4, 0.5) is 5.13 Å². The lowest BCUT2D eigenvalue weighted by atomic mass is 10.1. The van der Waals surface area contributed by atoms with E-state index in [0.717, 1.165) is 18.0 Å². The van der Waals surface area contributed by atoms with E-state index in [9.17, 15) is 9.90 Å². The molecule has 1 fully saturated rings. The predicted octanol–water partition coefficient (Wildman–Crippen LogP) is 3.37. The molecule has 6 nitrogen and oxygen atoms in total. The predicted molar refractivity (Wildman–Crippen MR) is 85.6 cm³/mol. The molecule has 1 aromatic heterocycles. The quantitative estimate of drug-likeness (QED) is 0.878. The van der Waals surface area contributed by atoms with Crippen molar-refractivity contribution in [2.24, 2.45) is 0 Å². The van der Waals surface area contributed by atoms with Gasteiger partial charge in [-0.2, -0.15) is 0 Å². The Hall–Kier alpha value is -2.02. The minimum Gasteiger partial charge on any atom is -0.493 e. The van der Waals surface area contributed by atoms with E-state index >= 15 is 0 Å². The Kier molecular flexibility index (Phi) is 4.06. The summed E-state index contributed by atoms with van der Waals surface area (Å²) in [6.07, 6.45) is 4.70. The van der Waals surface area contributed by atoms with Gasteiger partial charge in [-0.15, -0.1) is 0 Å². The van der Waals surface area contributed by atoms with E-state index in [-0.39, 0.29) is 5.56 Å². The third kappa shape index (κ3) is 2.56. The van der Waals surface area contributed by atoms with Crippen molar-refractivity contribution >= 4 is 32.7 Å². The molecule has 0 amide bonds. The summed E-state index contributed by atoms with van der Waals surface area (Å²) in [4.78, 5) is 16.0. The fraction of sp³-hybridized carbons (Fsp3) is 0.467. The molecule has 1 saturated carbocycles. The largest absolute Gasteiger partial charge is 0.493 e. The van der Waals surface area contributed by atoms with Crippen LogP contribution in [0, 0.1) is 0 Å². The maximum Gasteiger partial charge on any atom is 0.338 e. The molecule has 22 heavy (non-hydrogen) atoms. The molecule has 7 heteroatoms. The van der Waals surface area contributed by atoms with Crippen LogP contribution in [-0.4, -0.2) is 36.3 Å². The number of nitrogens with zero attached hydrogens (tertiary/aromatic N) is 1. The fourth-order valence-corrected chi connectivity index (χ4v) is 3.93. The number of ether oxygens (including phenoxy) is 2. The van der Waals surface area contributed by atoms with Crippen molar-refractivity contribution in [2.75, 3.05) is 19.5 Å². The average Bonchev–Trinajstić information content (AvgIpc) is 3.14. The first-order valence-electron chi connectivity index (χ1n) is 7.19. The lowest BCUT2D eigenvalue weighted by Crippen LogP contribution is -2.14. The lowest BCUT2D eigenvalue weighted by molar-refractivity contribution is 0.0698. The highest BCUT2D eigenvalue weighted by atomic mass is 32.1. The zero-order valence-corrected chi connectivity index (χ0v) is 13.3. The maximum atomic E-state index is 11.5. The van der Waals surface area contributed by atoms with Gasteiger partial charge in [0.25, 0.3) is 0 Å². The number of carboxylic acid groups (broad SMARTS) is 1. The Morgan fingerprint density at radius 3 is 2.68 bits per heavy atom. The molecular formula is C15H18N2O4S. The molecule has 2 aromatic rings. The molecule has 0 aliphatic heterocycles. The highest BCUT2D eigenvalue weighted by Crippen LogP contribution is 2.42. The molecule has 1 aliphatic carbocycles. The highest BCUT2D eigenvalue weighted by Gasteiger charge is 2.23. The summed E-state index contributed by atoms with van der Waals surface area (Å²) in [6, 6.07) is 1.88. The monoisotopic (exact) mass is 322 g/mol. The van der Waals surface area contributed by atoms with E-state index in [2.05, 4.69) is 10.3 Å². The van der Waals surface area contributed by atoms with Crippen LogP contribution in [0.2, 0.25) is 0 Å². The van der Waals surface area contributed by atoms with Gasteiger partial charge in [0.1, 0.15) is 10.2 Å². The lowest BCUT2D eigenvalue weighted by Gasteiger charge is -2.09. The average molecular weight is 322 g/mol. The Balaban J connectivity index is 2.10. The first-order valence-corrected chi connectivity index (χ1v) is 8.01. The first kappa shape index (κ1) is 14.9. The van der Waals surface area contributed by atoms with Crippen LogP contribution in [0.15, 0.2) is 6.07 Å². The molecule has 0 spiro atoms. The normalized spacial score (nSPS) is 15.2. The topological polar surface area (TPSA) is 80.7 Å². The second kappa shape index (κ2) is 6.00. The third-order valence-corrected chi connectivity index (χ3v) is 4.91. The van der Waals surface area contributed by atoms with Crippen LogP contribution in [0.25, 0.3) is 10.2 Å². The molecule has 0 atom stereocenters. The molecule has 118 valence electrons. The van der Waals surface area contributed by atoms with E-state index in [1.165, 1.54) is 37.4 Å². The van der Waals surface area contributed by atoms with Crippen molar-refractivity contribution in [1.29, 1.82) is 0 Å². The van der Waals surface area contributed by atoms with Crippen LogP contribution in [0.5, 0.6) is 11.5 Å². The van der Waals surface area contributed by atoms with E-state index in [0.29, 0.717) is 27.8 Å². The van der Waals surface area contributed by atoms with Crippen LogP contribution < -0.4 is 14.8 Å².